The number of hydrogen-bond donors (Lipinski definition) is 2. The zero-order valence-corrected chi connectivity index (χ0v) is 17.8. The van der Waals surface area contributed by atoms with Gasteiger partial charge in [-0.15, -0.1) is 12.4 Å². The normalized spacial score (nSPS) is 9.62. The van der Waals surface area contributed by atoms with Crippen LogP contribution in [0, 0.1) is 13.8 Å². The van der Waals surface area contributed by atoms with Crippen molar-refractivity contribution in [1.29, 1.82) is 0 Å². The molecule has 0 saturated heterocycles. The van der Waals surface area contributed by atoms with Gasteiger partial charge in [-0.3, -0.25) is 0 Å². The summed E-state index contributed by atoms with van der Waals surface area (Å²) in [5, 5.41) is 20.8. The molecule has 0 saturated carbocycles. The summed E-state index contributed by atoms with van der Waals surface area (Å²) in [5.41, 5.74) is 3.20. The Morgan fingerprint density at radius 1 is 0.615 bits per heavy atom. The van der Waals surface area contributed by atoms with Crippen LogP contribution in [0.5, 0.6) is 11.5 Å². The third-order valence-electron chi connectivity index (χ3n) is 3.68. The molecule has 26 heavy (non-hydrogen) atoms. The van der Waals surface area contributed by atoms with Crippen LogP contribution in [0.1, 0.15) is 11.4 Å². The van der Waals surface area contributed by atoms with E-state index in [1.54, 1.807) is 12.1 Å². The smallest absolute Gasteiger partial charge is 0.141 e. The molecule has 2 aromatic heterocycles. The average molecular weight is 425 g/mol. The van der Waals surface area contributed by atoms with Crippen LogP contribution >= 0.6 is 12.4 Å². The van der Waals surface area contributed by atoms with E-state index in [1.165, 1.54) is 0 Å². The van der Waals surface area contributed by atoms with Crippen LogP contribution in [-0.4, -0.2) is 40.0 Å². The fourth-order valence-corrected chi connectivity index (χ4v) is 2.46. The molecule has 0 atom stereocenters. The van der Waals surface area contributed by atoms with Crippen LogP contribution in [0.25, 0.3) is 21.8 Å². The molecule has 0 aliphatic carbocycles. The minimum Gasteiger partial charge on any atom is -0.506 e. The molecule has 3 radical (unpaired) electrons. The maximum absolute atomic E-state index is 9.43. The SMILES string of the molecule is Cc1ccc2cccc(O)c2n1.Cc1ccc2cccc(O)c2n1.Cl.[Ga]. The minimum atomic E-state index is 0. The van der Waals surface area contributed by atoms with E-state index in [9.17, 15) is 10.2 Å². The number of hydrogen-bond acceptors (Lipinski definition) is 4. The Morgan fingerprint density at radius 2 is 1.00 bits per heavy atom. The van der Waals surface area contributed by atoms with Gasteiger partial charge in [0.05, 0.1) is 0 Å². The second-order valence-electron chi connectivity index (χ2n) is 5.60. The Hall–Kier alpha value is -2.21. The van der Waals surface area contributed by atoms with E-state index in [0.29, 0.717) is 11.0 Å². The predicted molar refractivity (Wildman–Crippen MR) is 109 cm³/mol. The summed E-state index contributed by atoms with van der Waals surface area (Å²) < 4.78 is 0. The molecule has 0 bridgehead atoms. The second-order valence-corrected chi connectivity index (χ2v) is 5.60. The van der Waals surface area contributed by atoms with Gasteiger partial charge in [-0.1, -0.05) is 36.4 Å². The van der Waals surface area contributed by atoms with Crippen molar-refractivity contribution in [2.45, 2.75) is 13.8 Å². The molecule has 0 fully saturated rings. The molecule has 6 heteroatoms. The Kier molecular flexibility index (Phi) is 7.95. The Bertz CT molecular complexity index is 942. The zero-order chi connectivity index (χ0) is 17.1. The number of fused-ring (bicyclic) bond motifs is 2. The quantitative estimate of drug-likeness (QED) is 0.407. The molecule has 2 aromatic carbocycles. The number of aromatic hydroxyl groups is 2. The van der Waals surface area contributed by atoms with Crippen molar-refractivity contribution >= 4 is 54.0 Å². The van der Waals surface area contributed by atoms with Crippen LogP contribution in [-0.2, 0) is 0 Å². The van der Waals surface area contributed by atoms with Gasteiger partial charge in [0.2, 0.25) is 0 Å². The number of pyridine rings is 2. The topological polar surface area (TPSA) is 66.2 Å². The number of benzene rings is 2. The summed E-state index contributed by atoms with van der Waals surface area (Å²) in [7, 11) is 0. The third kappa shape index (κ3) is 4.91. The van der Waals surface area contributed by atoms with Gasteiger partial charge in [0, 0.05) is 42.0 Å². The fourth-order valence-electron chi connectivity index (χ4n) is 2.46. The van der Waals surface area contributed by atoms with E-state index in [0.717, 1.165) is 22.2 Å². The van der Waals surface area contributed by atoms with Gasteiger partial charge >= 0.3 is 0 Å². The Morgan fingerprint density at radius 3 is 1.38 bits per heavy atom. The number of aromatic nitrogens is 2. The number of aryl methyl sites for hydroxylation is 2. The number of phenols is 2. The molecular weight excluding hydrogens is 405 g/mol. The third-order valence-corrected chi connectivity index (χ3v) is 3.68. The molecule has 0 aliphatic rings. The van der Waals surface area contributed by atoms with Crippen LogP contribution in [0.15, 0.2) is 60.7 Å². The fraction of sp³-hybridized carbons (Fsp3) is 0.100. The van der Waals surface area contributed by atoms with Crippen LogP contribution in [0.2, 0.25) is 0 Å². The maximum Gasteiger partial charge on any atom is 0.141 e. The standard InChI is InChI=1S/2C10H9NO.ClH.Ga/c2*1-7-5-6-8-3-2-4-9(12)10(8)11-7;;/h2*2-6,12H,1H3;1H;. The first kappa shape index (κ1) is 21.8. The predicted octanol–water partition coefficient (Wildman–Crippen LogP) is 4.54. The van der Waals surface area contributed by atoms with Gasteiger partial charge in [-0.05, 0) is 38.1 Å². The van der Waals surface area contributed by atoms with Crippen molar-refractivity contribution in [3.05, 3.63) is 72.1 Å². The molecule has 0 spiro atoms. The molecule has 2 heterocycles. The number of phenolic OH excluding ortho intramolecular Hbond substituents is 2. The average Bonchev–Trinajstić information content (AvgIpc) is 2.57. The van der Waals surface area contributed by atoms with Gasteiger partial charge in [0.1, 0.15) is 22.5 Å². The molecule has 2 N–H and O–H groups in total. The van der Waals surface area contributed by atoms with E-state index in [1.807, 2.05) is 62.4 Å². The summed E-state index contributed by atoms with van der Waals surface area (Å²) in [4.78, 5) is 8.45. The second kappa shape index (κ2) is 9.47. The van der Waals surface area contributed by atoms with E-state index in [2.05, 4.69) is 9.97 Å². The number of halogens is 1. The summed E-state index contributed by atoms with van der Waals surface area (Å²) in [5.74, 6) is 0.493. The van der Waals surface area contributed by atoms with Crippen molar-refractivity contribution in [3.8, 4) is 11.5 Å². The first-order valence-corrected chi connectivity index (χ1v) is 7.65. The van der Waals surface area contributed by atoms with Gasteiger partial charge in [0.15, 0.2) is 0 Å². The van der Waals surface area contributed by atoms with Crippen LogP contribution < -0.4 is 0 Å². The molecule has 4 rings (SSSR count). The zero-order valence-electron chi connectivity index (χ0n) is 14.5. The first-order chi connectivity index (χ1) is 11.5. The number of para-hydroxylation sites is 2. The van der Waals surface area contributed by atoms with Gasteiger partial charge in [0.25, 0.3) is 0 Å². The molecular formula is C20H19ClGaN2O2. The van der Waals surface area contributed by atoms with Gasteiger partial charge in [-0.2, -0.15) is 0 Å². The molecule has 4 aromatic rings. The maximum atomic E-state index is 9.43. The molecule has 0 unspecified atom stereocenters. The summed E-state index contributed by atoms with van der Waals surface area (Å²) >= 11 is 0. The van der Waals surface area contributed by atoms with E-state index in [4.69, 9.17) is 0 Å². The van der Waals surface area contributed by atoms with Crippen LogP contribution in [0.4, 0.5) is 0 Å². The summed E-state index contributed by atoms with van der Waals surface area (Å²) in [6, 6.07) is 18.6. The molecule has 4 nitrogen and oxygen atoms in total. The Balaban J connectivity index is 0.000000241. The van der Waals surface area contributed by atoms with Crippen molar-refractivity contribution in [2.75, 3.05) is 0 Å². The molecule has 0 aliphatic heterocycles. The number of nitrogens with zero attached hydrogens (tertiary/aromatic N) is 2. The molecule has 0 amide bonds. The number of rotatable bonds is 0. The Labute approximate surface area is 171 Å². The van der Waals surface area contributed by atoms with E-state index < -0.39 is 0 Å². The minimum absolute atomic E-state index is 0. The van der Waals surface area contributed by atoms with Gasteiger partial charge < -0.3 is 10.2 Å². The molecule has 131 valence electrons. The van der Waals surface area contributed by atoms with Crippen molar-refractivity contribution in [3.63, 3.8) is 0 Å². The van der Waals surface area contributed by atoms with E-state index in [-0.39, 0.29) is 43.7 Å². The monoisotopic (exact) mass is 423 g/mol. The first-order valence-electron chi connectivity index (χ1n) is 7.65. The van der Waals surface area contributed by atoms with Crippen molar-refractivity contribution < 1.29 is 10.2 Å². The van der Waals surface area contributed by atoms with Gasteiger partial charge in [-0.25, -0.2) is 9.97 Å². The van der Waals surface area contributed by atoms with Crippen molar-refractivity contribution in [1.82, 2.24) is 9.97 Å². The largest absolute Gasteiger partial charge is 0.506 e. The van der Waals surface area contributed by atoms with Crippen molar-refractivity contribution in [2.24, 2.45) is 0 Å². The summed E-state index contributed by atoms with van der Waals surface area (Å²) in [6.07, 6.45) is 0. The van der Waals surface area contributed by atoms with Crippen LogP contribution in [0.3, 0.4) is 0 Å². The summed E-state index contributed by atoms with van der Waals surface area (Å²) in [6.45, 7) is 3.82. The van der Waals surface area contributed by atoms with E-state index >= 15 is 0 Å².